The molecule has 0 radical (unpaired) electrons. The van der Waals surface area contributed by atoms with E-state index < -0.39 is 5.82 Å². The van der Waals surface area contributed by atoms with E-state index in [0.29, 0.717) is 19.0 Å². The summed E-state index contributed by atoms with van der Waals surface area (Å²) in [6, 6.07) is 1.24. The molecule has 1 amide bonds. The van der Waals surface area contributed by atoms with Gasteiger partial charge in [-0.3, -0.25) is 9.78 Å². The van der Waals surface area contributed by atoms with Crippen LogP contribution in [-0.4, -0.2) is 40.4 Å². The van der Waals surface area contributed by atoms with Gasteiger partial charge in [-0.15, -0.1) is 36.2 Å². The summed E-state index contributed by atoms with van der Waals surface area (Å²) in [6.45, 7) is 4.98. The van der Waals surface area contributed by atoms with Crippen molar-refractivity contribution in [2.24, 2.45) is 5.92 Å². The first-order valence-corrected chi connectivity index (χ1v) is 8.51. The first-order chi connectivity index (χ1) is 11.1. The third kappa shape index (κ3) is 5.60. The fourth-order valence-corrected chi connectivity index (χ4v) is 3.56. The van der Waals surface area contributed by atoms with Crippen molar-refractivity contribution in [3.05, 3.63) is 45.9 Å². The smallest absolute Gasteiger partial charge is 0.255 e. The molecule has 2 aromatic rings. The van der Waals surface area contributed by atoms with Crippen LogP contribution in [0.5, 0.6) is 0 Å². The van der Waals surface area contributed by atoms with Gasteiger partial charge in [0.25, 0.3) is 5.91 Å². The predicted octanol–water partition coefficient (Wildman–Crippen LogP) is 3.08. The molecule has 1 fully saturated rings. The van der Waals surface area contributed by atoms with Gasteiger partial charge in [0, 0.05) is 17.6 Å². The average Bonchev–Trinajstić information content (AvgIpc) is 3.18. The van der Waals surface area contributed by atoms with Gasteiger partial charge in [0.1, 0.15) is 5.82 Å². The van der Waals surface area contributed by atoms with Crippen molar-refractivity contribution < 1.29 is 9.18 Å². The maximum absolute atomic E-state index is 13.4. The molecule has 1 unspecified atom stereocenters. The number of carbonyl (C=O) groups excluding carboxylic acids is 1. The number of carbonyl (C=O) groups is 1. The minimum absolute atomic E-state index is 0. The van der Waals surface area contributed by atoms with E-state index >= 15 is 0 Å². The molecule has 0 aliphatic carbocycles. The van der Waals surface area contributed by atoms with E-state index in [-0.39, 0.29) is 36.3 Å². The van der Waals surface area contributed by atoms with Crippen molar-refractivity contribution in [3.63, 3.8) is 0 Å². The van der Waals surface area contributed by atoms with Gasteiger partial charge in [0.15, 0.2) is 0 Å². The molecule has 138 valence electrons. The molecular weight excluding hydrogens is 386 g/mol. The highest BCUT2D eigenvalue weighted by Gasteiger charge is 2.24. The second-order valence-corrected chi connectivity index (χ2v) is 6.74. The second kappa shape index (κ2) is 10.0. The van der Waals surface area contributed by atoms with E-state index in [1.807, 2.05) is 6.92 Å². The van der Waals surface area contributed by atoms with Gasteiger partial charge in [-0.05, 0) is 38.4 Å². The Balaban J connectivity index is 0.00000156. The molecule has 0 bridgehead atoms. The number of hydrogen-bond acceptors (Lipinski definition) is 5. The number of thiazole rings is 1. The second-order valence-electron chi connectivity index (χ2n) is 5.80. The lowest BCUT2D eigenvalue weighted by Crippen LogP contribution is -2.35. The van der Waals surface area contributed by atoms with Crippen molar-refractivity contribution in [2.75, 3.05) is 19.6 Å². The normalized spacial score (nSPS) is 16.0. The predicted molar refractivity (Wildman–Crippen MR) is 101 cm³/mol. The molecule has 3 heterocycles. The van der Waals surface area contributed by atoms with Crippen molar-refractivity contribution in [1.29, 1.82) is 0 Å². The summed E-state index contributed by atoms with van der Waals surface area (Å²) in [5.41, 5.74) is 3.02. The maximum Gasteiger partial charge on any atom is 0.255 e. The van der Waals surface area contributed by atoms with Gasteiger partial charge < -0.3 is 10.2 Å². The summed E-state index contributed by atoms with van der Waals surface area (Å²) >= 11 is 1.54. The summed E-state index contributed by atoms with van der Waals surface area (Å²) in [6.07, 6.45) is 3.58. The first-order valence-electron chi connectivity index (χ1n) is 7.63. The van der Waals surface area contributed by atoms with Crippen molar-refractivity contribution in [2.45, 2.75) is 19.9 Å². The van der Waals surface area contributed by atoms with Crippen molar-refractivity contribution >= 4 is 42.1 Å². The fourth-order valence-electron chi connectivity index (χ4n) is 2.76. The Kier molecular flexibility index (Phi) is 8.71. The Morgan fingerprint density at radius 1 is 1.44 bits per heavy atom. The number of pyridine rings is 1. The Hall–Kier alpha value is -1.28. The van der Waals surface area contributed by atoms with Crippen LogP contribution in [0, 0.1) is 18.7 Å². The molecule has 2 aromatic heterocycles. The number of nitrogens with zero attached hydrogens (tertiary/aromatic N) is 3. The van der Waals surface area contributed by atoms with E-state index in [2.05, 4.69) is 15.3 Å². The van der Waals surface area contributed by atoms with Crippen LogP contribution in [-0.2, 0) is 6.54 Å². The van der Waals surface area contributed by atoms with E-state index in [0.717, 1.165) is 36.3 Å². The van der Waals surface area contributed by atoms with Gasteiger partial charge in [-0.1, -0.05) is 0 Å². The van der Waals surface area contributed by atoms with Gasteiger partial charge in [0.05, 0.1) is 29.5 Å². The molecule has 5 nitrogen and oxygen atoms in total. The van der Waals surface area contributed by atoms with E-state index in [1.54, 1.807) is 21.7 Å². The van der Waals surface area contributed by atoms with Crippen molar-refractivity contribution in [1.82, 2.24) is 20.2 Å². The molecule has 1 aliphatic heterocycles. The molecule has 0 spiro atoms. The third-order valence-corrected chi connectivity index (χ3v) is 4.98. The Morgan fingerprint density at radius 2 is 2.24 bits per heavy atom. The quantitative estimate of drug-likeness (QED) is 0.828. The summed E-state index contributed by atoms with van der Waals surface area (Å²) < 4.78 is 13.4. The van der Waals surface area contributed by atoms with E-state index in [1.165, 1.54) is 12.3 Å². The molecule has 9 heteroatoms. The van der Waals surface area contributed by atoms with Crippen LogP contribution in [0.2, 0.25) is 0 Å². The molecule has 25 heavy (non-hydrogen) atoms. The van der Waals surface area contributed by atoms with E-state index in [9.17, 15) is 9.18 Å². The molecule has 3 rings (SSSR count). The van der Waals surface area contributed by atoms with Gasteiger partial charge >= 0.3 is 0 Å². The first kappa shape index (κ1) is 21.8. The van der Waals surface area contributed by atoms with Gasteiger partial charge in [0.2, 0.25) is 0 Å². The standard InChI is InChI=1S/C16H19FN4OS.2ClH/c1-11-15(23-10-20-11)9-21(8-12-2-3-18-5-12)16(22)13-4-14(17)7-19-6-13;;/h4,6-7,10,12,18H,2-3,5,8-9H2,1H3;2*1H. The van der Waals surface area contributed by atoms with Crippen LogP contribution >= 0.6 is 36.2 Å². The number of halogens is 3. The zero-order chi connectivity index (χ0) is 16.2. The number of aromatic nitrogens is 2. The lowest BCUT2D eigenvalue weighted by molar-refractivity contribution is 0.0719. The number of rotatable bonds is 5. The molecular formula is C16H21Cl2FN4OS. The SMILES string of the molecule is Cc1ncsc1CN(CC1CCNC1)C(=O)c1cncc(F)c1.Cl.Cl. The molecule has 1 aliphatic rings. The number of amides is 1. The third-order valence-electron chi connectivity index (χ3n) is 4.06. The lowest BCUT2D eigenvalue weighted by atomic mass is 10.1. The topological polar surface area (TPSA) is 58.1 Å². The molecule has 1 atom stereocenters. The van der Waals surface area contributed by atoms with Crippen LogP contribution in [0.25, 0.3) is 0 Å². The highest BCUT2D eigenvalue weighted by Crippen LogP contribution is 2.20. The van der Waals surface area contributed by atoms with Crippen LogP contribution in [0.15, 0.2) is 24.0 Å². The van der Waals surface area contributed by atoms with Gasteiger partial charge in [-0.2, -0.15) is 0 Å². The number of aryl methyl sites for hydroxylation is 1. The zero-order valence-corrected chi connectivity index (χ0v) is 16.2. The van der Waals surface area contributed by atoms with E-state index in [4.69, 9.17) is 0 Å². The van der Waals surface area contributed by atoms with Crippen LogP contribution in [0.1, 0.15) is 27.3 Å². The zero-order valence-electron chi connectivity index (χ0n) is 13.8. The Bertz CT molecular complexity index is 694. The van der Waals surface area contributed by atoms with Crippen LogP contribution in [0.4, 0.5) is 4.39 Å². The Morgan fingerprint density at radius 3 is 2.84 bits per heavy atom. The molecule has 1 saturated heterocycles. The number of hydrogen-bond donors (Lipinski definition) is 1. The molecule has 1 N–H and O–H groups in total. The maximum atomic E-state index is 13.4. The summed E-state index contributed by atoms with van der Waals surface area (Å²) in [5.74, 6) is -0.252. The summed E-state index contributed by atoms with van der Waals surface area (Å²) in [5, 5.41) is 3.32. The fraction of sp³-hybridized carbons (Fsp3) is 0.438. The highest BCUT2D eigenvalue weighted by molar-refractivity contribution is 7.09. The van der Waals surface area contributed by atoms with Crippen molar-refractivity contribution in [3.8, 4) is 0 Å². The van der Waals surface area contributed by atoms with Gasteiger partial charge in [-0.25, -0.2) is 9.37 Å². The molecule has 0 aromatic carbocycles. The average molecular weight is 407 g/mol. The monoisotopic (exact) mass is 406 g/mol. The van der Waals surface area contributed by atoms with Crippen LogP contribution < -0.4 is 5.32 Å². The minimum atomic E-state index is -0.493. The Labute approximate surface area is 162 Å². The highest BCUT2D eigenvalue weighted by atomic mass is 35.5. The summed E-state index contributed by atoms with van der Waals surface area (Å²) in [7, 11) is 0. The molecule has 0 saturated carbocycles. The minimum Gasteiger partial charge on any atom is -0.333 e. The largest absolute Gasteiger partial charge is 0.333 e. The number of nitrogens with one attached hydrogen (secondary N) is 1. The van der Waals surface area contributed by atoms with Crippen LogP contribution in [0.3, 0.4) is 0 Å². The lowest BCUT2D eigenvalue weighted by Gasteiger charge is -2.25. The summed E-state index contributed by atoms with van der Waals surface area (Å²) in [4.78, 5) is 23.7.